The molecule has 0 saturated carbocycles. The number of hydrogen-bond donors (Lipinski definition) is 1. The number of carbonyl (C=O) groups is 2. The van der Waals surface area contributed by atoms with Crippen LogP contribution in [0.3, 0.4) is 0 Å². The predicted molar refractivity (Wildman–Crippen MR) is 84.5 cm³/mol. The van der Waals surface area contributed by atoms with E-state index in [1.54, 1.807) is 12.1 Å². The molecule has 1 atom stereocenters. The Balaban J connectivity index is 2.03. The molecule has 114 valence electrons. The third kappa shape index (κ3) is 5.05. The van der Waals surface area contributed by atoms with Gasteiger partial charge in [0.2, 0.25) is 0 Å². The lowest BCUT2D eigenvalue weighted by Crippen LogP contribution is -2.40. The van der Waals surface area contributed by atoms with Crippen molar-refractivity contribution in [3.8, 4) is 0 Å². The third-order valence-electron chi connectivity index (χ3n) is 3.18. The van der Waals surface area contributed by atoms with Gasteiger partial charge in [-0.3, -0.25) is 9.59 Å². The van der Waals surface area contributed by atoms with Crippen LogP contribution in [0.2, 0.25) is 0 Å². The number of hydrogen-bond acceptors (Lipinski definition) is 3. The van der Waals surface area contributed by atoms with E-state index in [1.165, 1.54) is 6.92 Å². The molecule has 22 heavy (non-hydrogen) atoms. The Bertz CT molecular complexity index is 611. The van der Waals surface area contributed by atoms with Gasteiger partial charge in [-0.15, -0.1) is 0 Å². The summed E-state index contributed by atoms with van der Waals surface area (Å²) in [4.78, 5) is 23.3. The van der Waals surface area contributed by atoms with Gasteiger partial charge in [-0.1, -0.05) is 48.5 Å². The molecule has 0 aliphatic heterocycles. The lowest BCUT2D eigenvalue weighted by Gasteiger charge is -2.18. The molecule has 0 aliphatic rings. The second-order valence-electron chi connectivity index (χ2n) is 5.03. The minimum atomic E-state index is -0.355. The van der Waals surface area contributed by atoms with E-state index in [-0.39, 0.29) is 24.5 Å². The van der Waals surface area contributed by atoms with Crippen LogP contribution in [-0.4, -0.2) is 24.5 Å². The monoisotopic (exact) mass is 297 g/mol. The molecular formula is C18H19NO3. The first kappa shape index (κ1) is 15.8. The number of rotatable bonds is 6. The zero-order valence-corrected chi connectivity index (χ0v) is 12.5. The van der Waals surface area contributed by atoms with Crippen molar-refractivity contribution >= 4 is 11.9 Å². The minimum Gasteiger partial charge on any atom is -0.464 e. The summed E-state index contributed by atoms with van der Waals surface area (Å²) < 4.78 is 5.06. The number of esters is 1. The molecule has 1 N–H and O–H groups in total. The molecule has 2 aromatic carbocycles. The first-order chi connectivity index (χ1) is 10.6. The van der Waals surface area contributed by atoms with Crippen LogP contribution < -0.4 is 5.32 Å². The average Bonchev–Trinajstić information content (AvgIpc) is 2.54. The molecule has 2 aromatic rings. The molecule has 0 saturated heterocycles. The van der Waals surface area contributed by atoms with Crippen LogP contribution in [0.25, 0.3) is 0 Å². The van der Waals surface area contributed by atoms with Crippen LogP contribution in [-0.2, 0) is 16.0 Å². The number of nitrogens with one attached hydrogen (secondary N) is 1. The van der Waals surface area contributed by atoms with E-state index in [0.29, 0.717) is 12.0 Å². The van der Waals surface area contributed by atoms with Crippen molar-refractivity contribution in [3.63, 3.8) is 0 Å². The van der Waals surface area contributed by atoms with Crippen molar-refractivity contribution < 1.29 is 14.3 Å². The lowest BCUT2D eigenvalue weighted by molar-refractivity contribution is -0.141. The smallest absolute Gasteiger partial charge is 0.302 e. The van der Waals surface area contributed by atoms with Gasteiger partial charge in [-0.25, -0.2) is 0 Å². The van der Waals surface area contributed by atoms with Crippen molar-refractivity contribution in [2.24, 2.45) is 0 Å². The van der Waals surface area contributed by atoms with Gasteiger partial charge < -0.3 is 10.1 Å². The topological polar surface area (TPSA) is 55.4 Å². The SMILES string of the molecule is CC(=O)OC[C@H](Cc1ccccc1)NC(=O)c1ccccc1. The van der Waals surface area contributed by atoms with Gasteiger partial charge in [0.1, 0.15) is 6.61 Å². The quantitative estimate of drug-likeness (QED) is 0.834. The van der Waals surface area contributed by atoms with E-state index < -0.39 is 0 Å². The van der Waals surface area contributed by atoms with Crippen LogP contribution >= 0.6 is 0 Å². The zero-order valence-electron chi connectivity index (χ0n) is 12.5. The van der Waals surface area contributed by atoms with Crippen LogP contribution in [0.1, 0.15) is 22.8 Å². The molecule has 0 aromatic heterocycles. The maximum absolute atomic E-state index is 12.2. The van der Waals surface area contributed by atoms with Gasteiger partial charge in [-0.05, 0) is 24.1 Å². The minimum absolute atomic E-state index is 0.156. The van der Waals surface area contributed by atoms with Gasteiger partial charge in [0.05, 0.1) is 6.04 Å². The Hall–Kier alpha value is -2.62. The summed E-state index contributed by atoms with van der Waals surface area (Å²) in [6.45, 7) is 1.52. The molecular weight excluding hydrogens is 278 g/mol. The van der Waals surface area contributed by atoms with E-state index in [4.69, 9.17) is 4.74 Å². The Morgan fingerprint density at radius 2 is 1.59 bits per heavy atom. The molecule has 2 rings (SSSR count). The number of amides is 1. The summed E-state index contributed by atoms with van der Waals surface area (Å²) in [5, 5.41) is 2.92. The van der Waals surface area contributed by atoms with Crippen LogP contribution in [0.5, 0.6) is 0 Å². The van der Waals surface area contributed by atoms with Gasteiger partial charge in [0, 0.05) is 12.5 Å². The lowest BCUT2D eigenvalue weighted by atomic mass is 10.1. The normalized spacial score (nSPS) is 11.5. The second kappa shape index (κ2) is 7.98. The van der Waals surface area contributed by atoms with E-state index >= 15 is 0 Å². The molecule has 0 aliphatic carbocycles. The van der Waals surface area contributed by atoms with Gasteiger partial charge in [0.25, 0.3) is 5.91 Å². The number of benzene rings is 2. The predicted octanol–water partition coefficient (Wildman–Crippen LogP) is 2.59. The van der Waals surface area contributed by atoms with Crippen LogP contribution in [0.4, 0.5) is 0 Å². The molecule has 0 radical (unpaired) electrons. The summed E-state index contributed by atoms with van der Waals surface area (Å²) in [5.74, 6) is -0.527. The average molecular weight is 297 g/mol. The Morgan fingerprint density at radius 3 is 2.18 bits per heavy atom. The van der Waals surface area contributed by atoms with E-state index in [1.807, 2.05) is 48.5 Å². The van der Waals surface area contributed by atoms with Crippen molar-refractivity contribution in [1.82, 2.24) is 5.32 Å². The van der Waals surface area contributed by atoms with E-state index in [0.717, 1.165) is 5.56 Å². The fourth-order valence-corrected chi connectivity index (χ4v) is 2.13. The molecule has 0 heterocycles. The van der Waals surface area contributed by atoms with E-state index in [9.17, 15) is 9.59 Å². The largest absolute Gasteiger partial charge is 0.464 e. The van der Waals surface area contributed by atoms with Crippen LogP contribution in [0, 0.1) is 0 Å². The summed E-state index contributed by atoms with van der Waals surface area (Å²) in [6, 6.07) is 18.5. The highest BCUT2D eigenvalue weighted by atomic mass is 16.5. The Morgan fingerprint density at radius 1 is 1.00 bits per heavy atom. The Labute approximate surface area is 130 Å². The van der Waals surface area contributed by atoms with Gasteiger partial charge in [0.15, 0.2) is 0 Å². The zero-order chi connectivity index (χ0) is 15.8. The maximum atomic E-state index is 12.2. The molecule has 0 spiro atoms. The molecule has 0 fully saturated rings. The summed E-state index contributed by atoms with van der Waals surface area (Å²) in [5.41, 5.74) is 1.66. The summed E-state index contributed by atoms with van der Waals surface area (Å²) in [7, 11) is 0. The molecule has 1 amide bonds. The Kier molecular flexibility index (Phi) is 5.72. The van der Waals surface area contributed by atoms with Crippen molar-refractivity contribution in [3.05, 3.63) is 71.8 Å². The third-order valence-corrected chi connectivity index (χ3v) is 3.18. The number of carbonyl (C=O) groups excluding carboxylic acids is 2. The molecule has 0 bridgehead atoms. The van der Waals surface area contributed by atoms with Crippen LogP contribution in [0.15, 0.2) is 60.7 Å². The molecule has 4 heteroatoms. The first-order valence-corrected chi connectivity index (χ1v) is 7.18. The summed E-state index contributed by atoms with van der Waals surface area (Å²) >= 11 is 0. The van der Waals surface area contributed by atoms with Crippen molar-refractivity contribution in [1.29, 1.82) is 0 Å². The highest BCUT2D eigenvalue weighted by Gasteiger charge is 2.15. The van der Waals surface area contributed by atoms with Crippen molar-refractivity contribution in [2.75, 3.05) is 6.61 Å². The second-order valence-corrected chi connectivity index (χ2v) is 5.03. The highest BCUT2D eigenvalue weighted by molar-refractivity contribution is 5.94. The number of ether oxygens (including phenoxy) is 1. The fraction of sp³-hybridized carbons (Fsp3) is 0.222. The fourth-order valence-electron chi connectivity index (χ4n) is 2.13. The van der Waals surface area contributed by atoms with E-state index in [2.05, 4.69) is 5.32 Å². The summed E-state index contributed by atoms with van der Waals surface area (Å²) in [6.07, 6.45) is 0.604. The van der Waals surface area contributed by atoms with Crippen molar-refractivity contribution in [2.45, 2.75) is 19.4 Å². The standard InChI is InChI=1S/C18H19NO3/c1-14(20)22-13-17(12-15-8-4-2-5-9-15)19-18(21)16-10-6-3-7-11-16/h2-11,17H,12-13H2,1H3,(H,19,21)/t17-/m0/s1. The maximum Gasteiger partial charge on any atom is 0.302 e. The molecule has 4 nitrogen and oxygen atoms in total. The highest BCUT2D eigenvalue weighted by Crippen LogP contribution is 2.06. The van der Waals surface area contributed by atoms with Gasteiger partial charge >= 0.3 is 5.97 Å². The molecule has 0 unspecified atom stereocenters. The van der Waals surface area contributed by atoms with Gasteiger partial charge in [-0.2, -0.15) is 0 Å². The first-order valence-electron chi connectivity index (χ1n) is 7.18.